The van der Waals surface area contributed by atoms with Crippen molar-refractivity contribution < 1.29 is 8.78 Å². The Labute approximate surface area is 98.6 Å². The van der Waals surface area contributed by atoms with Crippen LogP contribution >= 0.6 is 11.8 Å². The van der Waals surface area contributed by atoms with Crippen molar-refractivity contribution in [3.8, 4) is 0 Å². The van der Waals surface area contributed by atoms with Crippen LogP contribution in [-0.2, 0) is 12.8 Å². The number of alkyl halides is 2. The van der Waals surface area contributed by atoms with Crippen molar-refractivity contribution in [2.75, 3.05) is 19.2 Å². The highest BCUT2D eigenvalue weighted by Crippen LogP contribution is 2.32. The molecule has 0 fully saturated rings. The molecule has 1 aliphatic heterocycles. The third-order valence-corrected chi connectivity index (χ3v) is 3.89. The molecule has 0 spiro atoms. The zero-order valence-electron chi connectivity index (χ0n) is 9.01. The number of halogens is 2. The van der Waals surface area contributed by atoms with E-state index in [1.54, 1.807) is 0 Å². The van der Waals surface area contributed by atoms with E-state index in [2.05, 4.69) is 17.4 Å². The van der Waals surface area contributed by atoms with Crippen molar-refractivity contribution in [2.45, 2.75) is 23.8 Å². The zero-order chi connectivity index (χ0) is 11.4. The molecule has 1 aliphatic rings. The number of benzene rings is 1. The van der Waals surface area contributed by atoms with E-state index in [4.69, 9.17) is 0 Å². The fourth-order valence-electron chi connectivity index (χ4n) is 1.91. The number of rotatable bonds is 5. The molecule has 1 nitrogen and oxygen atoms in total. The molecule has 0 aliphatic carbocycles. The summed E-state index contributed by atoms with van der Waals surface area (Å²) in [6.07, 6.45) is 1.67. The summed E-state index contributed by atoms with van der Waals surface area (Å²) in [6, 6.07) is 5.83. The standard InChI is InChI=1S/C12H15F2NS/c13-7-11(15-8-14)5-9-1-2-10-3-4-16-12(10)6-9/h1-2,6,11,15H,3-5,7-8H2. The van der Waals surface area contributed by atoms with Crippen molar-refractivity contribution in [3.63, 3.8) is 0 Å². The van der Waals surface area contributed by atoms with Gasteiger partial charge in [0.2, 0.25) is 0 Å². The Hall–Kier alpha value is -0.610. The predicted molar refractivity (Wildman–Crippen MR) is 63.4 cm³/mol. The third kappa shape index (κ3) is 2.74. The number of nitrogens with one attached hydrogen (secondary N) is 1. The van der Waals surface area contributed by atoms with Crippen LogP contribution in [0, 0.1) is 0 Å². The monoisotopic (exact) mass is 243 g/mol. The molecule has 88 valence electrons. The summed E-state index contributed by atoms with van der Waals surface area (Å²) in [7, 11) is 0. The lowest BCUT2D eigenvalue weighted by atomic mass is 10.0. The minimum absolute atomic E-state index is 0.408. The van der Waals surface area contributed by atoms with Crippen molar-refractivity contribution >= 4 is 11.8 Å². The first-order valence-electron chi connectivity index (χ1n) is 5.43. The molecular formula is C12H15F2NS. The molecular weight excluding hydrogens is 228 g/mol. The second-order valence-corrected chi connectivity index (χ2v) is 5.07. The van der Waals surface area contributed by atoms with Crippen molar-refractivity contribution in [3.05, 3.63) is 29.3 Å². The Morgan fingerprint density at radius 2 is 2.25 bits per heavy atom. The van der Waals surface area contributed by atoms with Gasteiger partial charge in [-0.1, -0.05) is 12.1 Å². The van der Waals surface area contributed by atoms with E-state index in [0.29, 0.717) is 6.42 Å². The van der Waals surface area contributed by atoms with Crippen LogP contribution in [-0.4, -0.2) is 25.3 Å². The zero-order valence-corrected chi connectivity index (χ0v) is 9.83. The number of hydrogen-bond acceptors (Lipinski definition) is 2. The van der Waals surface area contributed by atoms with Crippen molar-refractivity contribution in [2.24, 2.45) is 0 Å². The maximum atomic E-state index is 12.6. The topological polar surface area (TPSA) is 12.0 Å². The molecule has 1 heterocycles. The van der Waals surface area contributed by atoms with Crippen molar-refractivity contribution in [1.29, 1.82) is 0 Å². The summed E-state index contributed by atoms with van der Waals surface area (Å²) < 4.78 is 24.6. The maximum absolute atomic E-state index is 12.6. The Morgan fingerprint density at radius 1 is 1.38 bits per heavy atom. The molecule has 0 aromatic heterocycles. The Bertz CT molecular complexity index is 357. The van der Waals surface area contributed by atoms with Crippen LogP contribution in [0.4, 0.5) is 8.78 Å². The fourth-order valence-corrected chi connectivity index (χ4v) is 3.04. The van der Waals surface area contributed by atoms with Gasteiger partial charge in [-0.05, 0) is 30.0 Å². The molecule has 16 heavy (non-hydrogen) atoms. The summed E-state index contributed by atoms with van der Waals surface area (Å²) in [6.45, 7) is -1.21. The van der Waals surface area contributed by atoms with Crippen molar-refractivity contribution in [1.82, 2.24) is 5.32 Å². The van der Waals surface area contributed by atoms with E-state index >= 15 is 0 Å². The number of fused-ring (bicyclic) bond motifs is 1. The third-order valence-electron chi connectivity index (χ3n) is 2.79. The lowest BCUT2D eigenvalue weighted by molar-refractivity contribution is 0.319. The Balaban J connectivity index is 2.04. The second-order valence-electron chi connectivity index (χ2n) is 3.93. The molecule has 1 unspecified atom stereocenters. The molecule has 1 aromatic carbocycles. The maximum Gasteiger partial charge on any atom is 0.140 e. The highest BCUT2D eigenvalue weighted by atomic mass is 32.2. The van der Waals surface area contributed by atoms with Crippen LogP contribution < -0.4 is 5.32 Å². The van der Waals surface area contributed by atoms with Gasteiger partial charge in [0.25, 0.3) is 0 Å². The predicted octanol–water partition coefficient (Wildman–Crippen LogP) is 2.73. The minimum atomic E-state index is -0.672. The minimum Gasteiger partial charge on any atom is -0.285 e. The van der Waals surface area contributed by atoms with E-state index in [1.807, 2.05) is 17.8 Å². The van der Waals surface area contributed by atoms with Gasteiger partial charge < -0.3 is 0 Å². The SMILES string of the molecule is FCNC(CF)Cc1ccc2c(c1)SCC2. The van der Waals surface area contributed by atoms with Crippen LogP contribution in [0.2, 0.25) is 0 Å². The van der Waals surface area contributed by atoms with E-state index in [0.717, 1.165) is 17.7 Å². The van der Waals surface area contributed by atoms with E-state index in [-0.39, 0.29) is 0 Å². The number of thioether (sulfide) groups is 1. The van der Waals surface area contributed by atoms with Gasteiger partial charge in [-0.2, -0.15) is 0 Å². The lowest BCUT2D eigenvalue weighted by Gasteiger charge is -2.13. The molecule has 0 saturated heterocycles. The number of hydrogen-bond donors (Lipinski definition) is 1. The van der Waals surface area contributed by atoms with Gasteiger partial charge in [-0.3, -0.25) is 5.32 Å². The molecule has 2 rings (SSSR count). The Kier molecular flexibility index (Phi) is 4.18. The van der Waals surface area contributed by atoms with Crippen LogP contribution in [0.25, 0.3) is 0 Å². The lowest BCUT2D eigenvalue weighted by Crippen LogP contribution is -2.32. The molecule has 1 atom stereocenters. The average molecular weight is 243 g/mol. The van der Waals surface area contributed by atoms with E-state index in [1.165, 1.54) is 10.5 Å². The molecule has 0 saturated carbocycles. The average Bonchev–Trinajstić information content (AvgIpc) is 2.75. The van der Waals surface area contributed by atoms with Gasteiger partial charge in [-0.25, -0.2) is 8.78 Å². The van der Waals surface area contributed by atoms with E-state index < -0.39 is 19.5 Å². The molecule has 4 heteroatoms. The van der Waals surface area contributed by atoms with Gasteiger partial charge >= 0.3 is 0 Å². The summed E-state index contributed by atoms with van der Waals surface area (Å²) in [5, 5.41) is 2.50. The van der Waals surface area contributed by atoms with Gasteiger partial charge in [-0.15, -0.1) is 11.8 Å². The van der Waals surface area contributed by atoms with E-state index in [9.17, 15) is 8.78 Å². The summed E-state index contributed by atoms with van der Waals surface area (Å²) in [5.74, 6) is 1.13. The first-order chi connectivity index (χ1) is 7.83. The van der Waals surface area contributed by atoms with Crippen LogP contribution in [0.15, 0.2) is 23.1 Å². The van der Waals surface area contributed by atoms with Crippen LogP contribution in [0.3, 0.4) is 0 Å². The molecule has 1 aromatic rings. The summed E-state index contributed by atoms with van der Waals surface area (Å²) >= 11 is 1.84. The highest BCUT2D eigenvalue weighted by molar-refractivity contribution is 7.99. The van der Waals surface area contributed by atoms with Gasteiger partial charge in [0.15, 0.2) is 0 Å². The second kappa shape index (κ2) is 5.64. The molecule has 1 N–H and O–H groups in total. The van der Waals surface area contributed by atoms with Crippen LogP contribution in [0.5, 0.6) is 0 Å². The highest BCUT2D eigenvalue weighted by Gasteiger charge is 2.13. The molecule has 0 radical (unpaired) electrons. The Morgan fingerprint density at radius 3 is 3.00 bits per heavy atom. The first kappa shape index (κ1) is 11.9. The molecule has 0 amide bonds. The van der Waals surface area contributed by atoms with Gasteiger partial charge in [0, 0.05) is 16.7 Å². The largest absolute Gasteiger partial charge is 0.285 e. The van der Waals surface area contributed by atoms with Gasteiger partial charge in [0.05, 0.1) is 0 Å². The quantitative estimate of drug-likeness (QED) is 0.798. The molecule has 0 bridgehead atoms. The first-order valence-corrected chi connectivity index (χ1v) is 6.42. The summed E-state index contributed by atoms with van der Waals surface area (Å²) in [4.78, 5) is 1.30. The van der Waals surface area contributed by atoms with Gasteiger partial charge in [0.1, 0.15) is 13.5 Å². The number of aryl methyl sites for hydroxylation is 1. The van der Waals surface area contributed by atoms with Crippen LogP contribution in [0.1, 0.15) is 11.1 Å². The smallest absolute Gasteiger partial charge is 0.140 e. The summed E-state index contributed by atoms with van der Waals surface area (Å²) in [5.41, 5.74) is 2.46. The fraction of sp³-hybridized carbons (Fsp3) is 0.500. The normalized spacial score (nSPS) is 16.1.